The smallest absolute Gasteiger partial charge is 0.262 e. The summed E-state index contributed by atoms with van der Waals surface area (Å²) in [5.74, 6) is -0.00561. The molecule has 7 nitrogen and oxygen atoms in total. The largest absolute Gasteiger partial charge is 0.323 e. The van der Waals surface area contributed by atoms with Gasteiger partial charge in [-0.25, -0.2) is 4.98 Å². The van der Waals surface area contributed by atoms with Gasteiger partial charge in [-0.3, -0.25) is 14.2 Å². The van der Waals surface area contributed by atoms with Crippen molar-refractivity contribution in [2.45, 2.75) is 43.3 Å². The van der Waals surface area contributed by atoms with E-state index in [0.29, 0.717) is 27.3 Å². The third kappa shape index (κ3) is 4.07. The van der Waals surface area contributed by atoms with Crippen molar-refractivity contribution < 1.29 is 4.79 Å². The van der Waals surface area contributed by atoms with Crippen molar-refractivity contribution in [2.75, 3.05) is 11.1 Å². The van der Waals surface area contributed by atoms with E-state index in [0.717, 1.165) is 42.9 Å². The molecule has 1 fully saturated rings. The average Bonchev–Trinajstić information content (AvgIpc) is 3.28. The van der Waals surface area contributed by atoms with Gasteiger partial charge in [-0.1, -0.05) is 49.2 Å². The molecule has 158 valence electrons. The highest BCUT2D eigenvalue weighted by Gasteiger charge is 2.22. The lowest BCUT2D eigenvalue weighted by atomic mass is 9.95. The Morgan fingerprint density at radius 2 is 1.87 bits per heavy atom. The third-order valence-electron chi connectivity index (χ3n) is 5.61. The second kappa shape index (κ2) is 8.76. The highest BCUT2D eigenvalue weighted by Crippen LogP contribution is 2.31. The number of aromatic nitrogens is 4. The average molecular weight is 452 g/mol. The Morgan fingerprint density at radius 1 is 1.06 bits per heavy atom. The molecule has 4 aromatic rings. The van der Waals surface area contributed by atoms with Crippen LogP contribution in [0.25, 0.3) is 21.9 Å². The maximum atomic E-state index is 13.3. The van der Waals surface area contributed by atoms with Crippen molar-refractivity contribution in [3.63, 3.8) is 0 Å². The summed E-state index contributed by atoms with van der Waals surface area (Å²) in [4.78, 5) is 30.7. The Morgan fingerprint density at radius 3 is 2.74 bits per heavy atom. The van der Waals surface area contributed by atoms with Gasteiger partial charge in [0.2, 0.25) is 5.91 Å². The number of para-hydroxylation sites is 1. The lowest BCUT2D eigenvalue weighted by molar-refractivity contribution is -0.113. The van der Waals surface area contributed by atoms with Gasteiger partial charge in [0.05, 0.1) is 34.1 Å². The number of rotatable bonds is 5. The number of hydrogen-bond acceptors (Lipinski definition) is 7. The highest BCUT2D eigenvalue weighted by molar-refractivity contribution is 7.99. The summed E-state index contributed by atoms with van der Waals surface area (Å²) in [5.41, 5.74) is 2.75. The zero-order valence-electron chi connectivity index (χ0n) is 16.8. The van der Waals surface area contributed by atoms with Crippen molar-refractivity contribution in [3.05, 3.63) is 52.8 Å². The Balaban J connectivity index is 1.42. The van der Waals surface area contributed by atoms with Gasteiger partial charge in [-0.2, -0.15) is 8.75 Å². The highest BCUT2D eigenvalue weighted by atomic mass is 32.2. The molecule has 2 aromatic carbocycles. The Bertz CT molecular complexity index is 1310. The van der Waals surface area contributed by atoms with E-state index in [1.807, 2.05) is 47.0 Å². The molecule has 0 radical (unpaired) electrons. The fourth-order valence-corrected chi connectivity index (χ4v) is 5.53. The fraction of sp³-hybridized carbons (Fsp3) is 0.318. The second-order valence-electron chi connectivity index (χ2n) is 7.65. The molecule has 9 heteroatoms. The monoisotopic (exact) mass is 451 g/mol. The molecule has 1 N–H and O–H groups in total. The predicted molar refractivity (Wildman–Crippen MR) is 125 cm³/mol. The Hall–Kier alpha value is -2.78. The zero-order valence-corrected chi connectivity index (χ0v) is 18.4. The standard InChI is InChI=1S/C22H21N5O2S2/c28-19(23-17-11-6-12-18-20(17)26-31-25-18)13-30-22-24-16-10-5-4-9-15(16)21(29)27(22)14-7-2-1-3-8-14/h4-6,9-12,14H,1-3,7-8,13H2,(H,23,28). The first-order valence-electron chi connectivity index (χ1n) is 10.4. The van der Waals surface area contributed by atoms with Crippen molar-refractivity contribution in [2.24, 2.45) is 0 Å². The first kappa shape index (κ1) is 20.1. The van der Waals surface area contributed by atoms with Crippen LogP contribution >= 0.6 is 23.5 Å². The molecular weight excluding hydrogens is 430 g/mol. The Labute approximate surface area is 187 Å². The van der Waals surface area contributed by atoms with Crippen molar-refractivity contribution in [3.8, 4) is 0 Å². The lowest BCUT2D eigenvalue weighted by Crippen LogP contribution is -2.29. The molecular formula is C22H21N5O2S2. The molecule has 1 aliphatic rings. The summed E-state index contributed by atoms with van der Waals surface area (Å²) in [6.45, 7) is 0. The van der Waals surface area contributed by atoms with Crippen LogP contribution in [0.2, 0.25) is 0 Å². The van der Waals surface area contributed by atoms with E-state index in [1.54, 1.807) is 0 Å². The Kier molecular flexibility index (Phi) is 5.69. The van der Waals surface area contributed by atoms with Gasteiger partial charge in [0.25, 0.3) is 5.56 Å². The van der Waals surface area contributed by atoms with Gasteiger partial charge in [0, 0.05) is 6.04 Å². The van der Waals surface area contributed by atoms with Crippen LogP contribution in [0, 0.1) is 0 Å². The molecule has 2 aromatic heterocycles. The van der Waals surface area contributed by atoms with Crippen molar-refractivity contribution in [1.82, 2.24) is 18.3 Å². The van der Waals surface area contributed by atoms with Gasteiger partial charge in [-0.15, -0.1) is 0 Å². The van der Waals surface area contributed by atoms with Gasteiger partial charge in [0.1, 0.15) is 11.0 Å². The number of nitrogens with one attached hydrogen (secondary N) is 1. The number of hydrogen-bond donors (Lipinski definition) is 1. The molecule has 0 aliphatic heterocycles. The number of anilines is 1. The molecule has 0 saturated heterocycles. The van der Waals surface area contributed by atoms with E-state index in [9.17, 15) is 9.59 Å². The van der Waals surface area contributed by atoms with Gasteiger partial charge < -0.3 is 5.32 Å². The minimum atomic E-state index is -0.164. The molecule has 1 saturated carbocycles. The van der Waals surface area contributed by atoms with Gasteiger partial charge >= 0.3 is 0 Å². The zero-order chi connectivity index (χ0) is 21.2. The normalized spacial score (nSPS) is 14.8. The quantitative estimate of drug-likeness (QED) is 0.351. The number of amides is 1. The SMILES string of the molecule is O=C(CSc1nc2ccccc2c(=O)n1C1CCCCC1)Nc1cccc2nsnc12. The van der Waals surface area contributed by atoms with Crippen LogP contribution < -0.4 is 10.9 Å². The molecule has 1 amide bonds. The summed E-state index contributed by atoms with van der Waals surface area (Å²) in [6.07, 6.45) is 5.37. The number of nitrogens with zero attached hydrogens (tertiary/aromatic N) is 4. The molecule has 31 heavy (non-hydrogen) atoms. The van der Waals surface area contributed by atoms with Gasteiger partial charge in [-0.05, 0) is 37.1 Å². The van der Waals surface area contributed by atoms with Crippen LogP contribution in [0.3, 0.4) is 0 Å². The van der Waals surface area contributed by atoms with E-state index < -0.39 is 0 Å². The number of carbonyl (C=O) groups excluding carboxylic acids is 1. The van der Waals surface area contributed by atoms with Crippen LogP contribution in [-0.2, 0) is 4.79 Å². The van der Waals surface area contributed by atoms with Crippen LogP contribution in [0.15, 0.2) is 52.4 Å². The molecule has 0 atom stereocenters. The lowest BCUT2D eigenvalue weighted by Gasteiger charge is -2.26. The van der Waals surface area contributed by atoms with Crippen LogP contribution in [0.1, 0.15) is 38.1 Å². The number of carbonyl (C=O) groups is 1. The van der Waals surface area contributed by atoms with Crippen molar-refractivity contribution >= 4 is 57.0 Å². The van der Waals surface area contributed by atoms with E-state index in [1.165, 1.54) is 18.2 Å². The summed E-state index contributed by atoms with van der Waals surface area (Å²) in [5, 5.41) is 4.16. The van der Waals surface area contributed by atoms with E-state index in [-0.39, 0.29) is 23.3 Å². The topological polar surface area (TPSA) is 89.8 Å². The molecule has 2 heterocycles. The summed E-state index contributed by atoms with van der Waals surface area (Å²) in [7, 11) is 0. The van der Waals surface area contributed by atoms with E-state index in [2.05, 4.69) is 14.1 Å². The predicted octanol–water partition coefficient (Wildman–Crippen LogP) is 4.64. The first-order valence-corrected chi connectivity index (χ1v) is 12.1. The molecule has 0 unspecified atom stereocenters. The van der Waals surface area contributed by atoms with E-state index in [4.69, 9.17) is 4.98 Å². The molecule has 1 aliphatic carbocycles. The molecule has 0 spiro atoms. The molecule has 5 rings (SSSR count). The maximum Gasteiger partial charge on any atom is 0.262 e. The summed E-state index contributed by atoms with van der Waals surface area (Å²) >= 11 is 2.43. The number of benzene rings is 2. The molecule has 0 bridgehead atoms. The van der Waals surface area contributed by atoms with Gasteiger partial charge in [0.15, 0.2) is 5.16 Å². The van der Waals surface area contributed by atoms with Crippen molar-refractivity contribution in [1.29, 1.82) is 0 Å². The first-order chi connectivity index (χ1) is 15.2. The van der Waals surface area contributed by atoms with Crippen LogP contribution in [0.5, 0.6) is 0 Å². The van der Waals surface area contributed by atoms with Crippen LogP contribution in [0.4, 0.5) is 5.69 Å². The minimum absolute atomic E-state index is 0.0151. The fourth-order valence-electron chi connectivity index (χ4n) is 4.11. The number of thioether (sulfide) groups is 1. The second-order valence-corrected chi connectivity index (χ2v) is 9.12. The minimum Gasteiger partial charge on any atom is -0.323 e. The number of fused-ring (bicyclic) bond motifs is 2. The van der Waals surface area contributed by atoms with Crippen LogP contribution in [-0.4, -0.2) is 30.0 Å². The van der Waals surface area contributed by atoms with E-state index >= 15 is 0 Å². The summed E-state index contributed by atoms with van der Waals surface area (Å²) < 4.78 is 10.3. The summed E-state index contributed by atoms with van der Waals surface area (Å²) in [6, 6.07) is 13.1. The maximum absolute atomic E-state index is 13.3. The third-order valence-corrected chi connectivity index (χ3v) is 7.10.